The number of aliphatic hydroxyl groups excluding tert-OH is 1. The van der Waals surface area contributed by atoms with Crippen molar-refractivity contribution in [3.63, 3.8) is 0 Å². The summed E-state index contributed by atoms with van der Waals surface area (Å²) in [5.74, 6) is -1.85. The van der Waals surface area contributed by atoms with Crippen molar-refractivity contribution in [3.05, 3.63) is 46.0 Å². The largest absolute Gasteiger partial charge is 0.478 e. The minimum absolute atomic E-state index is 0.284. The van der Waals surface area contributed by atoms with Gasteiger partial charge < -0.3 is 15.5 Å². The highest BCUT2D eigenvalue weighted by Gasteiger charge is 2.20. The van der Waals surface area contributed by atoms with Crippen molar-refractivity contribution in [2.24, 2.45) is 0 Å². The van der Waals surface area contributed by atoms with Gasteiger partial charge in [-0.25, -0.2) is 4.79 Å². The third-order valence-electron chi connectivity index (χ3n) is 2.50. The van der Waals surface area contributed by atoms with Gasteiger partial charge in [-0.05, 0) is 19.1 Å². The van der Waals surface area contributed by atoms with Crippen molar-refractivity contribution in [1.29, 1.82) is 0 Å². The topological polar surface area (TPSA) is 86.6 Å². The molecule has 0 bridgehead atoms. The number of rotatable bonds is 5. The van der Waals surface area contributed by atoms with Crippen LogP contribution in [0.15, 0.2) is 30.4 Å². The molecule has 1 rings (SSSR count). The molecule has 20 heavy (non-hydrogen) atoms. The van der Waals surface area contributed by atoms with E-state index in [1.54, 1.807) is 19.1 Å². The Kier molecular flexibility index (Phi) is 6.01. The molecule has 2 unspecified atom stereocenters. The summed E-state index contributed by atoms with van der Waals surface area (Å²) < 4.78 is 0. The summed E-state index contributed by atoms with van der Waals surface area (Å²) in [6, 6.07) is 3.97. The van der Waals surface area contributed by atoms with Gasteiger partial charge in [0.05, 0.1) is 6.04 Å². The van der Waals surface area contributed by atoms with Gasteiger partial charge in [-0.2, -0.15) is 0 Å². The molecule has 3 N–H and O–H groups in total. The summed E-state index contributed by atoms with van der Waals surface area (Å²) in [5, 5.41) is 21.7. The van der Waals surface area contributed by atoms with E-state index < -0.39 is 24.0 Å². The number of hydrogen-bond donors (Lipinski definition) is 3. The summed E-state index contributed by atoms with van der Waals surface area (Å²) in [7, 11) is 0. The molecule has 0 aliphatic rings. The third kappa shape index (κ3) is 4.85. The summed E-state index contributed by atoms with van der Waals surface area (Å²) >= 11 is 11.7. The predicted octanol–water partition coefficient (Wildman–Crippen LogP) is 2.17. The van der Waals surface area contributed by atoms with E-state index in [1.165, 1.54) is 6.07 Å². The molecule has 0 aliphatic carbocycles. The van der Waals surface area contributed by atoms with Crippen LogP contribution >= 0.6 is 23.2 Å². The highest BCUT2D eigenvalue weighted by atomic mass is 35.5. The Balaban J connectivity index is 2.74. The quantitative estimate of drug-likeness (QED) is 0.726. The lowest BCUT2D eigenvalue weighted by atomic mass is 10.0. The SMILES string of the molecule is CC(NC(=O)C=CC(=O)O)C(O)c1ccc(Cl)cc1Cl. The first-order valence-electron chi connectivity index (χ1n) is 5.65. The molecule has 0 fully saturated rings. The van der Waals surface area contributed by atoms with E-state index >= 15 is 0 Å². The zero-order valence-corrected chi connectivity index (χ0v) is 12.0. The lowest BCUT2D eigenvalue weighted by Crippen LogP contribution is -2.36. The third-order valence-corrected chi connectivity index (χ3v) is 3.06. The van der Waals surface area contributed by atoms with Crippen LogP contribution in [0.2, 0.25) is 10.0 Å². The minimum atomic E-state index is -1.23. The van der Waals surface area contributed by atoms with Gasteiger partial charge in [0.15, 0.2) is 0 Å². The van der Waals surface area contributed by atoms with Crippen molar-refractivity contribution in [2.75, 3.05) is 0 Å². The predicted molar refractivity (Wildman–Crippen MR) is 75.8 cm³/mol. The van der Waals surface area contributed by atoms with Gasteiger partial charge in [0.1, 0.15) is 6.10 Å². The lowest BCUT2D eigenvalue weighted by molar-refractivity contribution is -0.131. The van der Waals surface area contributed by atoms with E-state index in [-0.39, 0.29) is 5.02 Å². The van der Waals surface area contributed by atoms with Crippen molar-refractivity contribution >= 4 is 35.1 Å². The summed E-state index contributed by atoms with van der Waals surface area (Å²) in [6.07, 6.45) is 0.542. The molecule has 5 nitrogen and oxygen atoms in total. The highest BCUT2D eigenvalue weighted by Crippen LogP contribution is 2.27. The van der Waals surface area contributed by atoms with E-state index in [1.807, 2.05) is 0 Å². The fraction of sp³-hybridized carbons (Fsp3) is 0.231. The first-order valence-corrected chi connectivity index (χ1v) is 6.41. The maximum Gasteiger partial charge on any atom is 0.328 e. The molecule has 1 aromatic carbocycles. The van der Waals surface area contributed by atoms with E-state index in [0.717, 1.165) is 6.08 Å². The zero-order valence-electron chi connectivity index (χ0n) is 10.5. The van der Waals surface area contributed by atoms with Crippen molar-refractivity contribution in [2.45, 2.75) is 19.1 Å². The van der Waals surface area contributed by atoms with Crippen LogP contribution in [0.1, 0.15) is 18.6 Å². The van der Waals surface area contributed by atoms with Crippen LogP contribution in [0.3, 0.4) is 0 Å². The number of carbonyl (C=O) groups is 2. The van der Waals surface area contributed by atoms with E-state index in [2.05, 4.69) is 5.32 Å². The van der Waals surface area contributed by atoms with Gasteiger partial charge in [0.2, 0.25) is 5.91 Å². The molecule has 0 aromatic heterocycles. The van der Waals surface area contributed by atoms with Crippen LogP contribution in [-0.2, 0) is 9.59 Å². The summed E-state index contributed by atoms with van der Waals surface area (Å²) in [4.78, 5) is 21.7. The smallest absolute Gasteiger partial charge is 0.328 e. The van der Waals surface area contributed by atoms with Gasteiger partial charge in [0, 0.05) is 27.8 Å². The van der Waals surface area contributed by atoms with Crippen LogP contribution in [0.5, 0.6) is 0 Å². The molecule has 0 spiro atoms. The molecule has 0 saturated carbocycles. The van der Waals surface area contributed by atoms with E-state index in [4.69, 9.17) is 28.3 Å². The Bertz CT molecular complexity index is 545. The van der Waals surface area contributed by atoms with Crippen LogP contribution in [0.4, 0.5) is 0 Å². The molecule has 0 heterocycles. The normalized spacial score (nSPS) is 14.0. The average molecular weight is 318 g/mol. The monoisotopic (exact) mass is 317 g/mol. The van der Waals surface area contributed by atoms with Crippen molar-refractivity contribution in [1.82, 2.24) is 5.32 Å². The van der Waals surface area contributed by atoms with E-state index in [0.29, 0.717) is 16.7 Å². The van der Waals surface area contributed by atoms with Crippen LogP contribution < -0.4 is 5.32 Å². The molecule has 0 saturated heterocycles. The number of nitrogens with one attached hydrogen (secondary N) is 1. The average Bonchev–Trinajstić information content (AvgIpc) is 2.35. The highest BCUT2D eigenvalue weighted by molar-refractivity contribution is 6.35. The number of halogens is 2. The number of hydrogen-bond acceptors (Lipinski definition) is 3. The molecule has 1 aromatic rings. The standard InChI is InChI=1S/C13H13Cl2NO4/c1-7(16-11(17)4-5-12(18)19)13(20)9-3-2-8(14)6-10(9)15/h2-7,13,20H,1H3,(H,16,17)(H,18,19). The Morgan fingerprint density at radius 3 is 2.50 bits per heavy atom. The molecule has 0 aliphatic heterocycles. The molecule has 1 amide bonds. The van der Waals surface area contributed by atoms with Crippen molar-refractivity contribution in [3.8, 4) is 0 Å². The maximum atomic E-state index is 11.4. The molecule has 7 heteroatoms. The first kappa shape index (κ1) is 16.5. The summed E-state index contributed by atoms with van der Waals surface area (Å²) in [5.41, 5.74) is 0.422. The second kappa shape index (κ2) is 7.28. The molecule has 2 atom stereocenters. The molecule has 0 radical (unpaired) electrons. The molecular weight excluding hydrogens is 305 g/mol. The maximum absolute atomic E-state index is 11.4. The number of carbonyl (C=O) groups excluding carboxylic acids is 1. The fourth-order valence-corrected chi connectivity index (χ4v) is 2.03. The van der Waals surface area contributed by atoms with Gasteiger partial charge >= 0.3 is 5.97 Å². The van der Waals surface area contributed by atoms with Gasteiger partial charge in [-0.15, -0.1) is 0 Å². The number of carboxylic acid groups (broad SMARTS) is 1. The number of aliphatic hydroxyl groups is 1. The second-order valence-corrected chi connectivity index (χ2v) is 4.92. The Morgan fingerprint density at radius 2 is 1.95 bits per heavy atom. The Hall–Kier alpha value is -1.56. The van der Waals surface area contributed by atoms with Crippen molar-refractivity contribution < 1.29 is 19.8 Å². The molecular formula is C13H13Cl2NO4. The van der Waals surface area contributed by atoms with Crippen LogP contribution in [-0.4, -0.2) is 28.1 Å². The van der Waals surface area contributed by atoms with Crippen LogP contribution in [0.25, 0.3) is 0 Å². The Labute approximate surface area is 125 Å². The van der Waals surface area contributed by atoms with Crippen LogP contribution in [0, 0.1) is 0 Å². The number of amides is 1. The van der Waals surface area contributed by atoms with Gasteiger partial charge in [0.25, 0.3) is 0 Å². The van der Waals surface area contributed by atoms with Gasteiger partial charge in [-0.1, -0.05) is 29.3 Å². The lowest BCUT2D eigenvalue weighted by Gasteiger charge is -2.21. The number of carboxylic acids is 1. The fourth-order valence-electron chi connectivity index (χ4n) is 1.51. The Morgan fingerprint density at radius 1 is 1.30 bits per heavy atom. The van der Waals surface area contributed by atoms with E-state index in [9.17, 15) is 14.7 Å². The summed E-state index contributed by atoms with van der Waals surface area (Å²) in [6.45, 7) is 1.57. The van der Waals surface area contributed by atoms with Gasteiger partial charge in [-0.3, -0.25) is 4.79 Å². The first-order chi connectivity index (χ1) is 9.31. The minimum Gasteiger partial charge on any atom is -0.478 e. The zero-order chi connectivity index (χ0) is 15.3. The number of benzene rings is 1. The molecule has 108 valence electrons. The second-order valence-electron chi connectivity index (χ2n) is 4.08. The number of aliphatic carboxylic acids is 1.